The van der Waals surface area contributed by atoms with Crippen molar-refractivity contribution >= 4 is 56.4 Å². The third kappa shape index (κ3) is 3.43. The van der Waals surface area contributed by atoms with Crippen LogP contribution in [0.3, 0.4) is 0 Å². The predicted octanol–water partition coefficient (Wildman–Crippen LogP) is 4.82. The number of urea groups is 1. The molecule has 0 saturated heterocycles. The minimum Gasteiger partial charge on any atom is -0.495 e. The van der Waals surface area contributed by atoms with E-state index < -0.39 is 6.03 Å². The lowest BCUT2D eigenvalue weighted by Gasteiger charge is -2.23. The molecule has 4 aromatic rings. The Morgan fingerprint density at radius 3 is 2.76 bits per heavy atom. The Hall–Kier alpha value is -3.36. The summed E-state index contributed by atoms with van der Waals surface area (Å²) in [5.41, 5.74) is 14.5. The zero-order valence-corrected chi connectivity index (χ0v) is 16.9. The van der Waals surface area contributed by atoms with Gasteiger partial charge in [0.1, 0.15) is 22.7 Å². The Kier molecular flexibility index (Phi) is 4.96. The Labute approximate surface area is 175 Å². The second-order valence-corrected chi connectivity index (χ2v) is 7.42. The summed E-state index contributed by atoms with van der Waals surface area (Å²) >= 11 is 7.56. The van der Waals surface area contributed by atoms with E-state index in [1.54, 1.807) is 30.3 Å². The smallest absolute Gasteiger partial charge is 0.324 e. The highest BCUT2D eigenvalue weighted by Gasteiger charge is 2.21. The van der Waals surface area contributed by atoms with Crippen LogP contribution in [0.4, 0.5) is 22.0 Å². The van der Waals surface area contributed by atoms with Crippen molar-refractivity contribution in [1.29, 1.82) is 0 Å². The molecule has 29 heavy (non-hydrogen) atoms. The molecule has 0 radical (unpaired) electrons. The number of carbonyl (C=O) groups is 1. The fourth-order valence-corrected chi connectivity index (χ4v) is 4.25. The Balaban J connectivity index is 1.85. The van der Waals surface area contributed by atoms with E-state index in [0.29, 0.717) is 28.0 Å². The molecule has 2 aromatic carbocycles. The molecule has 0 fully saturated rings. The number of benzene rings is 2. The van der Waals surface area contributed by atoms with E-state index in [4.69, 9.17) is 27.8 Å². The molecule has 0 saturated carbocycles. The summed E-state index contributed by atoms with van der Waals surface area (Å²) in [6.07, 6.45) is 1.44. The number of amides is 2. The molecule has 0 aliphatic rings. The highest BCUT2D eigenvalue weighted by molar-refractivity contribution is 7.17. The van der Waals surface area contributed by atoms with Crippen LogP contribution in [0.2, 0.25) is 5.02 Å². The number of ether oxygens (including phenoxy) is 1. The summed E-state index contributed by atoms with van der Waals surface area (Å²) in [7, 11) is 1.53. The highest BCUT2D eigenvalue weighted by atomic mass is 35.5. The lowest BCUT2D eigenvalue weighted by atomic mass is 10.0. The van der Waals surface area contributed by atoms with Crippen LogP contribution < -0.4 is 21.1 Å². The maximum Gasteiger partial charge on any atom is 0.324 e. The second-order valence-electron chi connectivity index (χ2n) is 6.13. The van der Waals surface area contributed by atoms with E-state index in [2.05, 4.69) is 9.97 Å². The number of rotatable bonds is 4. The number of fused-ring (bicyclic) bond motifs is 1. The predicted molar refractivity (Wildman–Crippen MR) is 117 cm³/mol. The zero-order valence-electron chi connectivity index (χ0n) is 15.3. The molecule has 4 N–H and O–H groups in total. The van der Waals surface area contributed by atoms with Crippen LogP contribution in [0.15, 0.2) is 54.2 Å². The molecule has 0 bridgehead atoms. The van der Waals surface area contributed by atoms with Crippen molar-refractivity contribution in [3.63, 3.8) is 0 Å². The summed E-state index contributed by atoms with van der Waals surface area (Å²) < 4.78 is 5.57. The number of nitrogens with zero attached hydrogens (tertiary/aromatic N) is 3. The van der Waals surface area contributed by atoms with Crippen LogP contribution in [-0.2, 0) is 0 Å². The van der Waals surface area contributed by atoms with Gasteiger partial charge in [-0.15, -0.1) is 11.3 Å². The van der Waals surface area contributed by atoms with Gasteiger partial charge in [0.25, 0.3) is 0 Å². The van der Waals surface area contributed by atoms with E-state index in [1.165, 1.54) is 29.7 Å². The number of nitrogens with two attached hydrogens (primary N) is 2. The molecule has 0 unspecified atom stereocenters. The number of methoxy groups -OCH3 is 1. The summed E-state index contributed by atoms with van der Waals surface area (Å²) in [5, 5.41) is 3.24. The molecule has 4 rings (SSSR count). The lowest BCUT2D eigenvalue weighted by molar-refractivity contribution is 0.256. The quantitative estimate of drug-likeness (QED) is 0.487. The van der Waals surface area contributed by atoms with E-state index in [0.717, 1.165) is 21.3 Å². The first-order valence-electron chi connectivity index (χ1n) is 8.51. The third-order valence-electron chi connectivity index (χ3n) is 4.42. The minimum atomic E-state index is -0.656. The van der Waals surface area contributed by atoms with Gasteiger partial charge in [0, 0.05) is 16.0 Å². The SMILES string of the molecule is COc1cc(-c2csc3ncnc(N)c23)ccc1N(C(N)=O)c1cccc(Cl)c1. The van der Waals surface area contributed by atoms with Crippen molar-refractivity contribution in [1.82, 2.24) is 9.97 Å². The van der Waals surface area contributed by atoms with Gasteiger partial charge in [0.15, 0.2) is 0 Å². The fraction of sp³-hybridized carbons (Fsp3) is 0.0500. The first-order valence-corrected chi connectivity index (χ1v) is 9.76. The molecule has 7 nitrogen and oxygen atoms in total. The molecule has 2 aromatic heterocycles. The van der Waals surface area contributed by atoms with Crippen molar-refractivity contribution in [2.45, 2.75) is 0 Å². The first-order chi connectivity index (χ1) is 14.0. The Bertz CT molecular complexity index is 1230. The number of primary amides is 1. The number of aromatic nitrogens is 2. The van der Waals surface area contributed by atoms with Gasteiger partial charge < -0.3 is 16.2 Å². The number of carbonyl (C=O) groups excluding carboxylic acids is 1. The van der Waals surface area contributed by atoms with Gasteiger partial charge in [-0.3, -0.25) is 4.90 Å². The van der Waals surface area contributed by atoms with Crippen molar-refractivity contribution in [2.24, 2.45) is 5.73 Å². The van der Waals surface area contributed by atoms with E-state index in [9.17, 15) is 4.79 Å². The molecule has 0 atom stereocenters. The third-order valence-corrected chi connectivity index (χ3v) is 5.54. The lowest BCUT2D eigenvalue weighted by Crippen LogP contribution is -2.31. The molecule has 0 aliphatic heterocycles. The normalized spacial score (nSPS) is 10.8. The van der Waals surface area contributed by atoms with Gasteiger partial charge in [0.2, 0.25) is 0 Å². The first kappa shape index (κ1) is 19.0. The van der Waals surface area contributed by atoms with Crippen molar-refractivity contribution in [2.75, 3.05) is 17.7 Å². The number of nitrogen functional groups attached to an aromatic ring is 1. The standard InChI is InChI=1S/C20H16ClN5O2S/c1-28-16-7-11(14-9-29-19-17(14)18(22)24-10-25-19)5-6-15(16)26(20(23)27)13-4-2-3-12(21)8-13/h2-10H,1H3,(H2,23,27)(H2,22,24,25). The molecular weight excluding hydrogens is 410 g/mol. The Morgan fingerprint density at radius 1 is 1.21 bits per heavy atom. The molecule has 2 amide bonds. The second kappa shape index (κ2) is 7.57. The summed E-state index contributed by atoms with van der Waals surface area (Å²) in [6, 6.07) is 11.7. The molecule has 0 spiro atoms. The van der Waals surface area contributed by atoms with E-state index in [1.807, 2.05) is 17.5 Å². The van der Waals surface area contributed by atoms with Gasteiger partial charge in [0.05, 0.1) is 23.9 Å². The molecule has 146 valence electrons. The molecule has 9 heteroatoms. The van der Waals surface area contributed by atoms with Gasteiger partial charge in [-0.25, -0.2) is 14.8 Å². The van der Waals surface area contributed by atoms with Gasteiger partial charge >= 0.3 is 6.03 Å². The Morgan fingerprint density at radius 2 is 2.03 bits per heavy atom. The molecular formula is C20H16ClN5O2S. The van der Waals surface area contributed by atoms with Gasteiger partial charge in [-0.2, -0.15) is 0 Å². The fourth-order valence-electron chi connectivity index (χ4n) is 3.14. The average molecular weight is 426 g/mol. The summed E-state index contributed by atoms with van der Waals surface area (Å²) in [6.45, 7) is 0. The summed E-state index contributed by atoms with van der Waals surface area (Å²) in [4.78, 5) is 22.7. The van der Waals surface area contributed by atoms with E-state index >= 15 is 0 Å². The van der Waals surface area contributed by atoms with Crippen molar-refractivity contribution < 1.29 is 9.53 Å². The maximum absolute atomic E-state index is 12.2. The number of halogens is 1. The number of hydrogen-bond donors (Lipinski definition) is 2. The number of anilines is 3. The monoisotopic (exact) mass is 425 g/mol. The molecule has 2 heterocycles. The van der Waals surface area contributed by atoms with Crippen LogP contribution in [0.5, 0.6) is 5.75 Å². The van der Waals surface area contributed by atoms with Crippen LogP contribution in [0, 0.1) is 0 Å². The molecule has 0 aliphatic carbocycles. The maximum atomic E-state index is 12.2. The van der Waals surface area contributed by atoms with Crippen LogP contribution >= 0.6 is 22.9 Å². The number of thiophene rings is 1. The van der Waals surface area contributed by atoms with Crippen LogP contribution in [0.1, 0.15) is 0 Å². The topological polar surface area (TPSA) is 107 Å². The van der Waals surface area contributed by atoms with Crippen LogP contribution in [-0.4, -0.2) is 23.1 Å². The van der Waals surface area contributed by atoms with Gasteiger partial charge in [-0.05, 0) is 35.9 Å². The van der Waals surface area contributed by atoms with Gasteiger partial charge in [-0.1, -0.05) is 23.7 Å². The highest BCUT2D eigenvalue weighted by Crippen LogP contribution is 2.41. The van der Waals surface area contributed by atoms with E-state index in [-0.39, 0.29) is 0 Å². The van der Waals surface area contributed by atoms with Crippen molar-refractivity contribution in [3.8, 4) is 16.9 Å². The zero-order chi connectivity index (χ0) is 20.5. The average Bonchev–Trinajstić information content (AvgIpc) is 3.14. The number of hydrogen-bond acceptors (Lipinski definition) is 6. The van der Waals surface area contributed by atoms with Crippen molar-refractivity contribution in [3.05, 3.63) is 59.2 Å². The summed E-state index contributed by atoms with van der Waals surface area (Å²) in [5.74, 6) is 0.878. The minimum absolute atomic E-state index is 0.409. The largest absolute Gasteiger partial charge is 0.495 e. The van der Waals surface area contributed by atoms with Crippen LogP contribution in [0.25, 0.3) is 21.3 Å².